The molecule has 3 saturated heterocycles. The standard InChI is InChI=1S/C31H29F3IN6O3S.Ce/c1-39-19-12-40(14-42)8-5-20(19)44-27-23-26(24(34)22(25(27)35)16-3-4-18(33)28-17(16)9-21(36)45-28)37-30(38-29(23)39)43-13-31-6-2-7-41(31)11-15(32)10-31;/h3-4,14-15,19-20H,2,5-8,10-13,36H2,1H3;/q-1;/t15-,19?,20?,31+;/m1./s1. The van der Waals surface area contributed by atoms with Crippen LogP contribution in [-0.4, -0.2) is 89.9 Å². The van der Waals surface area contributed by atoms with Crippen LogP contribution >= 0.6 is 33.9 Å². The Balaban J connectivity index is 0.00000338. The Morgan fingerprint density at radius 3 is 2.91 bits per heavy atom. The van der Waals surface area contributed by atoms with Gasteiger partial charge in [0.2, 0.25) is 6.41 Å². The van der Waals surface area contributed by atoms with Gasteiger partial charge in [-0.05, 0) is 58.3 Å². The fraction of sp³-hybridized carbons (Fsp3) is 0.452. The summed E-state index contributed by atoms with van der Waals surface area (Å²) in [6, 6.07) is 5.51. The number of benzene rings is 2. The average molecular weight is 890 g/mol. The molecule has 4 atom stereocenters. The molecule has 4 aliphatic rings. The number of nitrogen functional groups attached to an aromatic ring is 1. The summed E-state index contributed by atoms with van der Waals surface area (Å²) in [7, 11) is 1.85. The fourth-order valence-corrected chi connectivity index (χ4v) is 9.37. The SMILES string of the molecule is CN1c2nc(OC[C@@]34CCCN3C[C@H](F)C4)nc3c(F)c(-c4ccc(F)c5sc(N)[c-]c45)c(I)c(c23)OC2CCN(C=O)CC21.[Ce]. The second kappa shape index (κ2) is 12.3. The molecule has 4 aliphatic heterocycles. The summed E-state index contributed by atoms with van der Waals surface area (Å²) in [5.41, 5.74) is 6.17. The summed E-state index contributed by atoms with van der Waals surface area (Å²) in [5, 5.41) is 1.05. The molecule has 0 aliphatic carbocycles. The average Bonchev–Trinajstić information content (AvgIpc) is 3.68. The summed E-state index contributed by atoms with van der Waals surface area (Å²) in [6.07, 6.45) is 2.24. The first-order valence-electron chi connectivity index (χ1n) is 14.9. The minimum atomic E-state index is -0.927. The van der Waals surface area contributed by atoms with Gasteiger partial charge < -0.3 is 25.0 Å². The summed E-state index contributed by atoms with van der Waals surface area (Å²) in [6.45, 7) is 2.26. The molecule has 1 amide bonds. The van der Waals surface area contributed by atoms with Crippen LogP contribution in [0.4, 0.5) is 24.0 Å². The van der Waals surface area contributed by atoms with Crippen molar-refractivity contribution in [3.05, 3.63) is 33.4 Å². The molecular weight excluding hydrogens is 860 g/mol. The molecule has 0 radical (unpaired) electrons. The molecule has 240 valence electrons. The number of amides is 1. The number of carbonyl (C=O) groups is 1. The molecule has 2 N–H and O–H groups in total. The van der Waals surface area contributed by atoms with E-state index in [1.165, 1.54) is 12.1 Å². The zero-order valence-corrected chi connectivity index (χ0v) is 30.9. The topological polar surface area (TPSA) is 97.1 Å². The van der Waals surface area contributed by atoms with Crippen LogP contribution in [0.15, 0.2) is 12.1 Å². The first-order chi connectivity index (χ1) is 21.7. The second-order valence-corrected chi connectivity index (χ2v) is 14.5. The molecule has 3 fully saturated rings. The minimum Gasteiger partial charge on any atom is -0.486 e. The number of aromatic nitrogens is 2. The van der Waals surface area contributed by atoms with E-state index < -0.39 is 23.3 Å². The third-order valence-electron chi connectivity index (χ3n) is 9.81. The van der Waals surface area contributed by atoms with Gasteiger partial charge in [0.05, 0.1) is 26.4 Å². The predicted molar refractivity (Wildman–Crippen MR) is 174 cm³/mol. The Bertz CT molecular complexity index is 1890. The number of hydrogen-bond donors (Lipinski definition) is 1. The van der Waals surface area contributed by atoms with Gasteiger partial charge in [-0.15, -0.1) is 17.7 Å². The molecule has 15 heteroatoms. The monoisotopic (exact) mass is 889 g/mol. The second-order valence-electron chi connectivity index (χ2n) is 12.4. The van der Waals surface area contributed by atoms with Crippen molar-refractivity contribution in [3.8, 4) is 22.9 Å². The van der Waals surface area contributed by atoms with Crippen LogP contribution in [0, 0.1) is 63.0 Å². The van der Waals surface area contributed by atoms with Crippen molar-refractivity contribution in [2.24, 2.45) is 0 Å². The molecule has 9 nitrogen and oxygen atoms in total. The van der Waals surface area contributed by atoms with Gasteiger partial charge in [0, 0.05) is 86.3 Å². The zero-order chi connectivity index (χ0) is 31.2. The third kappa shape index (κ3) is 5.15. The molecule has 8 rings (SSSR count). The van der Waals surface area contributed by atoms with E-state index in [1.54, 1.807) is 4.90 Å². The number of thiophene rings is 1. The van der Waals surface area contributed by atoms with Gasteiger partial charge in [-0.3, -0.25) is 9.69 Å². The summed E-state index contributed by atoms with van der Waals surface area (Å²) in [5.74, 6) is -0.272. The zero-order valence-electron chi connectivity index (χ0n) is 24.8. The number of ether oxygens (including phenoxy) is 2. The van der Waals surface area contributed by atoms with Crippen molar-refractivity contribution >= 4 is 72.1 Å². The molecule has 0 spiro atoms. The van der Waals surface area contributed by atoms with E-state index in [9.17, 15) is 13.6 Å². The van der Waals surface area contributed by atoms with Gasteiger partial charge in [0.1, 0.15) is 41.8 Å². The molecule has 0 bridgehead atoms. The van der Waals surface area contributed by atoms with E-state index in [-0.39, 0.29) is 87.3 Å². The van der Waals surface area contributed by atoms with Crippen LogP contribution in [0.25, 0.3) is 32.1 Å². The number of fused-ring (bicyclic) bond motifs is 3. The van der Waals surface area contributed by atoms with Gasteiger partial charge in [-0.1, -0.05) is 0 Å². The van der Waals surface area contributed by atoms with Crippen LogP contribution < -0.4 is 20.1 Å². The van der Waals surface area contributed by atoms with Gasteiger partial charge in [0.15, 0.2) is 0 Å². The number of likely N-dealkylation sites (N-methyl/N-ethyl adjacent to an activating group) is 1. The van der Waals surface area contributed by atoms with Crippen molar-refractivity contribution in [3.63, 3.8) is 0 Å². The largest absolute Gasteiger partial charge is 0.486 e. The normalized spacial score (nSPS) is 25.6. The number of nitrogens with zero attached hydrogens (tertiary/aromatic N) is 5. The maximum atomic E-state index is 17.0. The Hall–Kier alpha value is -1.73. The number of anilines is 2. The molecule has 2 aromatic heterocycles. The maximum Gasteiger partial charge on any atom is 0.319 e. The molecule has 46 heavy (non-hydrogen) atoms. The Kier molecular flexibility index (Phi) is 8.77. The Morgan fingerprint density at radius 2 is 2.11 bits per heavy atom. The van der Waals surface area contributed by atoms with Crippen molar-refractivity contribution in [1.82, 2.24) is 19.8 Å². The van der Waals surface area contributed by atoms with E-state index in [0.717, 1.165) is 37.1 Å². The predicted octanol–water partition coefficient (Wildman–Crippen LogP) is 5.16. The van der Waals surface area contributed by atoms with Crippen molar-refractivity contribution in [2.45, 2.75) is 49.5 Å². The Morgan fingerprint density at radius 1 is 1.28 bits per heavy atom. The van der Waals surface area contributed by atoms with Gasteiger partial charge >= 0.3 is 6.01 Å². The van der Waals surface area contributed by atoms with E-state index in [4.69, 9.17) is 20.2 Å². The van der Waals surface area contributed by atoms with Crippen LogP contribution in [0.2, 0.25) is 0 Å². The number of nitrogens with two attached hydrogens (primary N) is 1. The number of carbonyl (C=O) groups excluding carboxylic acids is 1. The van der Waals surface area contributed by atoms with Gasteiger partial charge in [0.25, 0.3) is 0 Å². The first-order valence-corrected chi connectivity index (χ1v) is 16.8. The molecule has 0 saturated carbocycles. The molecular formula is C31H29CeF3IN6O3S-. The smallest absolute Gasteiger partial charge is 0.319 e. The quantitative estimate of drug-likeness (QED) is 0.167. The number of rotatable bonds is 5. The minimum absolute atomic E-state index is 0. The number of piperidine rings is 1. The van der Waals surface area contributed by atoms with E-state index in [2.05, 4.69) is 38.5 Å². The van der Waals surface area contributed by atoms with E-state index >= 15 is 4.39 Å². The fourth-order valence-electron chi connectivity index (χ4n) is 7.65. The molecule has 2 aromatic carbocycles. The summed E-state index contributed by atoms with van der Waals surface area (Å²) >= 11 is 3.12. The van der Waals surface area contributed by atoms with Crippen molar-refractivity contribution < 1.29 is 69.2 Å². The summed E-state index contributed by atoms with van der Waals surface area (Å²) in [4.78, 5) is 26.9. The van der Waals surface area contributed by atoms with Crippen LogP contribution in [0.1, 0.15) is 25.7 Å². The van der Waals surface area contributed by atoms with E-state index in [0.29, 0.717) is 63.9 Å². The van der Waals surface area contributed by atoms with Crippen molar-refractivity contribution in [1.29, 1.82) is 0 Å². The van der Waals surface area contributed by atoms with Gasteiger partial charge in [-0.2, -0.15) is 26.7 Å². The molecule has 2 unspecified atom stereocenters. The van der Waals surface area contributed by atoms with Crippen LogP contribution in [0.5, 0.6) is 11.8 Å². The maximum absolute atomic E-state index is 17.0. The van der Waals surface area contributed by atoms with Gasteiger partial charge in [-0.25, -0.2) is 13.2 Å². The third-order valence-corrected chi connectivity index (χ3v) is 11.8. The first kappa shape index (κ1) is 32.8. The number of likely N-dealkylation sites (tertiary alicyclic amines) is 1. The van der Waals surface area contributed by atoms with E-state index in [1.807, 2.05) is 11.9 Å². The van der Waals surface area contributed by atoms with Crippen molar-refractivity contribution in [2.75, 3.05) is 50.5 Å². The Labute approximate surface area is 314 Å². The molecule has 4 aromatic rings. The van der Waals surface area contributed by atoms with Crippen LogP contribution in [-0.2, 0) is 4.79 Å². The molecule has 6 heterocycles. The number of alkyl halides is 1. The summed E-state index contributed by atoms with van der Waals surface area (Å²) < 4.78 is 60.0. The van der Waals surface area contributed by atoms with Crippen LogP contribution in [0.3, 0.4) is 0 Å². The number of halogens is 4. The number of hydrogen-bond acceptors (Lipinski definition) is 9.